The molecular weight excluding hydrogens is 270 g/mol. The average molecular weight is 295 g/mol. The largest absolute Gasteiger partial charge is 0.329 e. The van der Waals surface area contributed by atoms with Crippen LogP contribution in [0.5, 0.6) is 0 Å². The Labute approximate surface area is 115 Å². The Kier molecular flexibility index (Phi) is 5.49. The van der Waals surface area contributed by atoms with Crippen molar-refractivity contribution < 1.29 is 8.42 Å². The molecule has 0 spiro atoms. The van der Waals surface area contributed by atoms with E-state index in [1.165, 1.54) is 4.31 Å². The second-order valence-corrected chi connectivity index (χ2v) is 8.37. The number of thioether (sulfide) groups is 1. The van der Waals surface area contributed by atoms with Crippen molar-refractivity contribution in [2.24, 2.45) is 5.73 Å². The van der Waals surface area contributed by atoms with Crippen molar-refractivity contribution in [2.75, 3.05) is 32.9 Å². The first-order valence-electron chi connectivity index (χ1n) is 6.27. The maximum absolute atomic E-state index is 12.3. The number of hydrogen-bond acceptors (Lipinski definition) is 4. The molecular formula is C11H25N3O2S2. The van der Waals surface area contributed by atoms with Crippen LogP contribution in [-0.4, -0.2) is 60.8 Å². The smallest absolute Gasteiger partial charge is 0.281 e. The van der Waals surface area contributed by atoms with Gasteiger partial charge in [-0.15, -0.1) is 0 Å². The van der Waals surface area contributed by atoms with Crippen molar-refractivity contribution in [1.29, 1.82) is 0 Å². The number of nitrogens with two attached hydrogens (primary N) is 1. The molecule has 0 aliphatic carbocycles. The second kappa shape index (κ2) is 6.09. The standard InChI is InChI=1S/C11H25N3O2S2/c1-10(2)13(3)18(15,16)14-7-5-11(9-12,17-4)6-8-14/h10H,5-9,12H2,1-4H3. The van der Waals surface area contributed by atoms with Crippen molar-refractivity contribution in [3.8, 4) is 0 Å². The van der Waals surface area contributed by atoms with E-state index >= 15 is 0 Å². The molecule has 108 valence electrons. The summed E-state index contributed by atoms with van der Waals surface area (Å²) in [7, 11) is -1.67. The molecule has 0 unspecified atom stereocenters. The molecule has 7 heteroatoms. The average Bonchev–Trinajstić information content (AvgIpc) is 2.37. The molecule has 0 bridgehead atoms. The van der Waals surface area contributed by atoms with Crippen LogP contribution < -0.4 is 5.73 Å². The monoisotopic (exact) mass is 295 g/mol. The van der Waals surface area contributed by atoms with Crippen LogP contribution in [0, 0.1) is 0 Å². The van der Waals surface area contributed by atoms with Gasteiger partial charge in [0.15, 0.2) is 0 Å². The Morgan fingerprint density at radius 3 is 2.22 bits per heavy atom. The number of nitrogens with zero attached hydrogens (tertiary/aromatic N) is 2. The molecule has 0 aromatic rings. The van der Waals surface area contributed by atoms with E-state index in [-0.39, 0.29) is 10.8 Å². The van der Waals surface area contributed by atoms with E-state index in [1.807, 2.05) is 13.8 Å². The Balaban J connectivity index is 2.74. The molecule has 0 aromatic heterocycles. The maximum atomic E-state index is 12.3. The highest BCUT2D eigenvalue weighted by Gasteiger charge is 2.38. The normalized spacial score (nSPS) is 21.7. The zero-order valence-electron chi connectivity index (χ0n) is 11.7. The predicted molar refractivity (Wildman–Crippen MR) is 77.9 cm³/mol. The number of piperidine rings is 1. The van der Waals surface area contributed by atoms with E-state index in [2.05, 4.69) is 6.26 Å². The summed E-state index contributed by atoms with van der Waals surface area (Å²) < 4.78 is 27.7. The van der Waals surface area contributed by atoms with Crippen LogP contribution >= 0.6 is 11.8 Å². The van der Waals surface area contributed by atoms with Crippen LogP contribution in [0.15, 0.2) is 0 Å². The summed E-state index contributed by atoms with van der Waals surface area (Å²) in [5, 5.41) is 0. The molecule has 0 atom stereocenters. The maximum Gasteiger partial charge on any atom is 0.281 e. The third kappa shape index (κ3) is 3.19. The van der Waals surface area contributed by atoms with Crippen LogP contribution in [0.25, 0.3) is 0 Å². The first-order valence-corrected chi connectivity index (χ1v) is 8.89. The Morgan fingerprint density at radius 2 is 1.89 bits per heavy atom. The molecule has 2 N–H and O–H groups in total. The number of rotatable bonds is 5. The fourth-order valence-electron chi connectivity index (χ4n) is 2.06. The van der Waals surface area contributed by atoms with E-state index in [0.29, 0.717) is 19.6 Å². The Morgan fingerprint density at radius 1 is 1.39 bits per heavy atom. The lowest BCUT2D eigenvalue weighted by molar-refractivity contribution is 0.273. The summed E-state index contributed by atoms with van der Waals surface area (Å²) in [5.74, 6) is 0. The van der Waals surface area contributed by atoms with Gasteiger partial charge in [0.05, 0.1) is 0 Å². The van der Waals surface area contributed by atoms with Crippen LogP contribution in [-0.2, 0) is 10.2 Å². The van der Waals surface area contributed by atoms with Gasteiger partial charge >= 0.3 is 0 Å². The minimum Gasteiger partial charge on any atom is -0.329 e. The van der Waals surface area contributed by atoms with Crippen LogP contribution in [0.3, 0.4) is 0 Å². The fraction of sp³-hybridized carbons (Fsp3) is 1.00. The first-order chi connectivity index (χ1) is 8.29. The molecule has 1 rings (SSSR count). The van der Waals surface area contributed by atoms with E-state index in [0.717, 1.165) is 12.8 Å². The summed E-state index contributed by atoms with van der Waals surface area (Å²) in [6, 6.07) is -0.0169. The summed E-state index contributed by atoms with van der Waals surface area (Å²) >= 11 is 1.76. The van der Waals surface area contributed by atoms with Crippen molar-refractivity contribution in [2.45, 2.75) is 37.5 Å². The van der Waals surface area contributed by atoms with Gasteiger partial charge in [-0.05, 0) is 32.9 Å². The molecule has 1 heterocycles. The van der Waals surface area contributed by atoms with Gasteiger partial charge in [0.1, 0.15) is 0 Å². The van der Waals surface area contributed by atoms with Crippen LogP contribution in [0.2, 0.25) is 0 Å². The quantitative estimate of drug-likeness (QED) is 0.812. The fourth-order valence-corrected chi connectivity index (χ4v) is 4.36. The molecule has 1 fully saturated rings. The second-order valence-electron chi connectivity index (χ2n) is 5.11. The van der Waals surface area contributed by atoms with Crippen molar-refractivity contribution >= 4 is 22.0 Å². The zero-order chi connectivity index (χ0) is 14.0. The highest BCUT2D eigenvalue weighted by Crippen LogP contribution is 2.34. The predicted octanol–water partition coefficient (Wildman–Crippen LogP) is 0.728. The Hall–Kier alpha value is 0.180. The first kappa shape index (κ1) is 16.2. The lowest BCUT2D eigenvalue weighted by atomic mass is 9.97. The van der Waals surface area contributed by atoms with Gasteiger partial charge in [0.25, 0.3) is 10.2 Å². The molecule has 5 nitrogen and oxygen atoms in total. The molecule has 0 saturated carbocycles. The van der Waals surface area contributed by atoms with Crippen molar-refractivity contribution in [3.05, 3.63) is 0 Å². The van der Waals surface area contributed by atoms with E-state index in [9.17, 15) is 8.42 Å². The lowest BCUT2D eigenvalue weighted by Crippen LogP contribution is -2.52. The molecule has 1 aliphatic rings. The molecule has 1 saturated heterocycles. The minimum atomic E-state index is -3.31. The van der Waals surface area contributed by atoms with E-state index in [1.54, 1.807) is 23.1 Å². The van der Waals surface area contributed by atoms with Gasteiger partial charge in [-0.2, -0.15) is 28.8 Å². The van der Waals surface area contributed by atoms with Crippen molar-refractivity contribution in [1.82, 2.24) is 8.61 Å². The number of hydrogen-bond donors (Lipinski definition) is 1. The third-order valence-corrected chi connectivity index (χ3v) is 7.46. The zero-order valence-corrected chi connectivity index (χ0v) is 13.4. The molecule has 0 radical (unpaired) electrons. The van der Waals surface area contributed by atoms with Crippen molar-refractivity contribution in [3.63, 3.8) is 0 Å². The van der Waals surface area contributed by atoms with E-state index in [4.69, 9.17) is 5.73 Å². The van der Waals surface area contributed by atoms with Gasteiger partial charge in [-0.3, -0.25) is 0 Å². The summed E-state index contributed by atoms with van der Waals surface area (Å²) in [6.45, 7) is 5.51. The molecule has 0 amide bonds. The van der Waals surface area contributed by atoms with Gasteiger partial charge in [0, 0.05) is 37.5 Å². The summed E-state index contributed by atoms with van der Waals surface area (Å²) in [4.78, 5) is 0. The summed E-state index contributed by atoms with van der Waals surface area (Å²) in [5.41, 5.74) is 5.81. The SMILES string of the molecule is CSC1(CN)CCN(S(=O)(=O)N(C)C(C)C)CC1. The van der Waals surface area contributed by atoms with Crippen LogP contribution in [0.1, 0.15) is 26.7 Å². The minimum absolute atomic E-state index is 0.0169. The molecule has 18 heavy (non-hydrogen) atoms. The Bertz CT molecular complexity index is 356. The lowest BCUT2D eigenvalue weighted by Gasteiger charge is -2.40. The highest BCUT2D eigenvalue weighted by atomic mass is 32.2. The molecule has 0 aromatic carbocycles. The summed E-state index contributed by atoms with van der Waals surface area (Å²) in [6.07, 6.45) is 3.71. The highest BCUT2D eigenvalue weighted by molar-refractivity contribution is 8.00. The van der Waals surface area contributed by atoms with Gasteiger partial charge in [-0.25, -0.2) is 0 Å². The topological polar surface area (TPSA) is 66.6 Å². The van der Waals surface area contributed by atoms with Gasteiger partial charge < -0.3 is 5.73 Å². The van der Waals surface area contributed by atoms with Crippen LogP contribution in [0.4, 0.5) is 0 Å². The van der Waals surface area contributed by atoms with Gasteiger partial charge in [-0.1, -0.05) is 0 Å². The van der Waals surface area contributed by atoms with E-state index < -0.39 is 10.2 Å². The van der Waals surface area contributed by atoms with Gasteiger partial charge in [0.2, 0.25) is 0 Å². The third-order valence-electron chi connectivity index (χ3n) is 3.86. The molecule has 1 aliphatic heterocycles.